The summed E-state index contributed by atoms with van der Waals surface area (Å²) in [5.41, 5.74) is -0.0641. The Morgan fingerprint density at radius 1 is 1.33 bits per heavy atom. The molecule has 2 heterocycles. The molecule has 0 amide bonds. The molecule has 102 valence electrons. The van der Waals surface area contributed by atoms with Crippen molar-refractivity contribution in [2.24, 2.45) is 0 Å². The highest BCUT2D eigenvalue weighted by atomic mass is 16.6. The first-order chi connectivity index (χ1) is 8.63. The largest absolute Gasteiger partial charge is 0.372 e. The van der Waals surface area contributed by atoms with E-state index < -0.39 is 0 Å². The number of hydrogen-bond acceptors (Lipinski definition) is 2. The highest BCUT2D eigenvalue weighted by Crippen LogP contribution is 2.45. The zero-order valence-corrected chi connectivity index (χ0v) is 11.8. The molecule has 18 heavy (non-hydrogen) atoms. The number of rotatable bonds is 4. The molecule has 2 aliphatic heterocycles. The minimum absolute atomic E-state index is 0.0641. The second-order valence-electron chi connectivity index (χ2n) is 5.81. The number of nitrogens with zero attached hydrogens (tertiary/aromatic N) is 1. The molecule has 2 fully saturated rings. The lowest BCUT2D eigenvalue weighted by Gasteiger charge is -2.41. The van der Waals surface area contributed by atoms with Crippen LogP contribution in [0, 0.1) is 6.57 Å². The van der Waals surface area contributed by atoms with Gasteiger partial charge in [-0.2, -0.15) is 0 Å². The number of ether oxygens (including phenoxy) is 2. The molecule has 0 N–H and O–H groups in total. The Morgan fingerprint density at radius 3 is 2.72 bits per heavy atom. The molecule has 0 spiro atoms. The smallest absolute Gasteiger partial charge is 0.223 e. The van der Waals surface area contributed by atoms with Gasteiger partial charge in [0.1, 0.15) is 0 Å². The van der Waals surface area contributed by atoms with Crippen molar-refractivity contribution in [3.63, 3.8) is 0 Å². The van der Waals surface area contributed by atoms with E-state index in [0.29, 0.717) is 6.10 Å². The van der Waals surface area contributed by atoms with Gasteiger partial charge >= 0.3 is 0 Å². The monoisotopic (exact) mass is 251 g/mol. The molecule has 0 aromatic heterocycles. The Bertz CT molecular complexity index is 325. The number of hydrogen-bond donors (Lipinski definition) is 0. The Labute approximate surface area is 111 Å². The summed E-state index contributed by atoms with van der Waals surface area (Å²) in [7, 11) is 0. The lowest BCUT2D eigenvalue weighted by Crippen LogP contribution is -2.48. The SMILES string of the molecule is [C-]#[N+][C@H](C)C[C@H]1CC[C@@H]2O[C@@H](CC)C[C@]2(CC)O1. The highest BCUT2D eigenvalue weighted by Gasteiger charge is 2.51. The van der Waals surface area contributed by atoms with Gasteiger partial charge in [0.2, 0.25) is 6.04 Å². The van der Waals surface area contributed by atoms with Crippen LogP contribution in [0.3, 0.4) is 0 Å². The van der Waals surface area contributed by atoms with Crippen molar-refractivity contribution in [2.45, 2.75) is 89.3 Å². The van der Waals surface area contributed by atoms with Crippen LogP contribution in [0.15, 0.2) is 0 Å². The lowest BCUT2D eigenvalue weighted by molar-refractivity contribution is -0.168. The van der Waals surface area contributed by atoms with Crippen molar-refractivity contribution in [3.05, 3.63) is 11.4 Å². The van der Waals surface area contributed by atoms with Gasteiger partial charge in [-0.1, -0.05) is 13.8 Å². The minimum Gasteiger partial charge on any atom is -0.372 e. The van der Waals surface area contributed by atoms with Crippen LogP contribution in [0.2, 0.25) is 0 Å². The maximum Gasteiger partial charge on any atom is 0.223 e. The summed E-state index contributed by atoms with van der Waals surface area (Å²) in [6, 6.07) is 0.0738. The van der Waals surface area contributed by atoms with E-state index in [1.165, 1.54) is 0 Å². The topological polar surface area (TPSA) is 22.8 Å². The van der Waals surface area contributed by atoms with Crippen LogP contribution < -0.4 is 0 Å². The van der Waals surface area contributed by atoms with Crippen molar-refractivity contribution in [1.29, 1.82) is 0 Å². The van der Waals surface area contributed by atoms with Crippen molar-refractivity contribution >= 4 is 0 Å². The van der Waals surface area contributed by atoms with Crippen LogP contribution in [-0.4, -0.2) is 30.0 Å². The molecule has 0 aromatic carbocycles. The molecule has 0 saturated carbocycles. The maximum absolute atomic E-state index is 7.07. The third-order valence-corrected chi connectivity index (χ3v) is 4.55. The third kappa shape index (κ3) is 2.55. The Hall–Kier alpha value is -0.590. The van der Waals surface area contributed by atoms with Crippen molar-refractivity contribution < 1.29 is 9.47 Å². The summed E-state index contributed by atoms with van der Waals surface area (Å²) in [5, 5.41) is 0. The third-order valence-electron chi connectivity index (χ3n) is 4.55. The van der Waals surface area contributed by atoms with E-state index in [2.05, 4.69) is 18.7 Å². The van der Waals surface area contributed by atoms with Crippen LogP contribution in [0.5, 0.6) is 0 Å². The van der Waals surface area contributed by atoms with Gasteiger partial charge in [-0.3, -0.25) is 0 Å². The van der Waals surface area contributed by atoms with Crippen molar-refractivity contribution in [3.8, 4) is 0 Å². The van der Waals surface area contributed by atoms with Gasteiger partial charge in [-0.15, -0.1) is 0 Å². The molecule has 2 aliphatic rings. The summed E-state index contributed by atoms with van der Waals surface area (Å²) in [6.45, 7) is 13.4. The Kier molecular flexibility index (Phi) is 4.29. The highest BCUT2D eigenvalue weighted by molar-refractivity contribution is 5.00. The molecule has 0 unspecified atom stereocenters. The van der Waals surface area contributed by atoms with E-state index in [1.807, 2.05) is 6.92 Å². The second-order valence-corrected chi connectivity index (χ2v) is 5.81. The first-order valence-corrected chi connectivity index (χ1v) is 7.33. The average Bonchev–Trinajstić information content (AvgIpc) is 2.77. The fraction of sp³-hybridized carbons (Fsp3) is 0.933. The van der Waals surface area contributed by atoms with Gasteiger partial charge in [0.05, 0.1) is 23.9 Å². The summed E-state index contributed by atoms with van der Waals surface area (Å²) in [4.78, 5) is 3.59. The molecule has 2 saturated heterocycles. The minimum atomic E-state index is -0.0641. The molecule has 0 radical (unpaired) electrons. The van der Waals surface area contributed by atoms with Crippen LogP contribution in [0.4, 0.5) is 0 Å². The van der Waals surface area contributed by atoms with E-state index in [9.17, 15) is 0 Å². The Balaban J connectivity index is 2.02. The molecule has 5 atom stereocenters. The van der Waals surface area contributed by atoms with Gasteiger partial charge in [0.25, 0.3) is 0 Å². The zero-order valence-electron chi connectivity index (χ0n) is 11.8. The normalized spacial score (nSPS) is 41.1. The molecular formula is C15H25NO2. The van der Waals surface area contributed by atoms with E-state index in [0.717, 1.165) is 38.5 Å². The summed E-state index contributed by atoms with van der Waals surface area (Å²) in [6.07, 6.45) is 7.05. The number of fused-ring (bicyclic) bond motifs is 1. The van der Waals surface area contributed by atoms with Gasteiger partial charge < -0.3 is 14.3 Å². The van der Waals surface area contributed by atoms with E-state index in [1.54, 1.807) is 0 Å². The van der Waals surface area contributed by atoms with Crippen molar-refractivity contribution in [2.75, 3.05) is 0 Å². The first-order valence-electron chi connectivity index (χ1n) is 7.33. The second kappa shape index (κ2) is 5.59. The molecule has 0 bridgehead atoms. The van der Waals surface area contributed by atoms with Crippen LogP contribution in [0.1, 0.15) is 59.3 Å². The molecule has 2 rings (SSSR count). The average molecular weight is 251 g/mol. The zero-order chi connectivity index (χ0) is 13.2. The molecule has 3 nitrogen and oxygen atoms in total. The van der Waals surface area contributed by atoms with E-state index in [-0.39, 0.29) is 23.9 Å². The van der Waals surface area contributed by atoms with Gasteiger partial charge in [-0.25, -0.2) is 6.57 Å². The Morgan fingerprint density at radius 2 is 2.11 bits per heavy atom. The van der Waals surface area contributed by atoms with Crippen molar-refractivity contribution in [1.82, 2.24) is 0 Å². The quantitative estimate of drug-likeness (QED) is 0.713. The predicted molar refractivity (Wildman–Crippen MR) is 71.4 cm³/mol. The van der Waals surface area contributed by atoms with Gasteiger partial charge in [0, 0.05) is 19.8 Å². The van der Waals surface area contributed by atoms with Crippen LogP contribution in [-0.2, 0) is 9.47 Å². The molecule has 0 aliphatic carbocycles. The standard InChI is InChI=1S/C15H25NO2/c1-5-12-10-15(6-2)14(17-12)8-7-13(18-15)9-11(3)16-4/h11-14H,5-10H2,1-3H3/t11-,12+,13-,14+,15+/m1/s1. The van der Waals surface area contributed by atoms with E-state index >= 15 is 0 Å². The van der Waals surface area contributed by atoms with Gasteiger partial charge in [-0.05, 0) is 25.7 Å². The lowest BCUT2D eigenvalue weighted by atomic mass is 9.83. The van der Waals surface area contributed by atoms with Crippen LogP contribution >= 0.6 is 0 Å². The molecule has 0 aromatic rings. The molecule has 3 heteroatoms. The fourth-order valence-electron chi connectivity index (χ4n) is 3.40. The fourth-order valence-corrected chi connectivity index (χ4v) is 3.40. The van der Waals surface area contributed by atoms with E-state index in [4.69, 9.17) is 16.0 Å². The summed E-state index contributed by atoms with van der Waals surface area (Å²) >= 11 is 0. The van der Waals surface area contributed by atoms with Gasteiger partial charge in [0.15, 0.2) is 0 Å². The molecular weight excluding hydrogens is 226 g/mol. The summed E-state index contributed by atoms with van der Waals surface area (Å²) in [5.74, 6) is 0. The summed E-state index contributed by atoms with van der Waals surface area (Å²) < 4.78 is 12.5. The maximum atomic E-state index is 7.07. The first kappa shape index (κ1) is 13.8. The van der Waals surface area contributed by atoms with Crippen LogP contribution in [0.25, 0.3) is 4.85 Å². The predicted octanol–water partition coefficient (Wildman–Crippen LogP) is 3.58.